The Morgan fingerprint density at radius 1 is 1.33 bits per heavy atom. The van der Waals surface area contributed by atoms with Crippen LogP contribution in [-0.2, 0) is 24.3 Å². The van der Waals surface area contributed by atoms with Gasteiger partial charge in [-0.05, 0) is 41.1 Å². The molecule has 0 spiro atoms. The monoisotopic (exact) mass is 386 g/mol. The van der Waals surface area contributed by atoms with Crippen molar-refractivity contribution < 1.29 is 9.53 Å². The number of guanidine groups is 1. The summed E-state index contributed by atoms with van der Waals surface area (Å²) in [5, 5.41) is 5.29. The lowest BCUT2D eigenvalue weighted by molar-refractivity contribution is -0.130. The van der Waals surface area contributed by atoms with E-state index >= 15 is 0 Å². The number of hydrogen-bond acceptors (Lipinski definition) is 4. The predicted molar refractivity (Wildman–Crippen MR) is 109 cm³/mol. The smallest absolute Gasteiger partial charge is 0.242 e. The van der Waals surface area contributed by atoms with Crippen molar-refractivity contribution in [2.24, 2.45) is 4.99 Å². The van der Waals surface area contributed by atoms with E-state index in [-0.39, 0.29) is 12.5 Å². The molecule has 1 N–H and O–H groups in total. The van der Waals surface area contributed by atoms with Gasteiger partial charge in [-0.25, -0.2) is 0 Å². The van der Waals surface area contributed by atoms with E-state index in [0.717, 1.165) is 24.3 Å². The summed E-state index contributed by atoms with van der Waals surface area (Å²) in [6, 6.07) is 10.1. The molecule has 2 heterocycles. The van der Waals surface area contributed by atoms with Crippen LogP contribution >= 0.6 is 11.3 Å². The van der Waals surface area contributed by atoms with Gasteiger partial charge in [-0.3, -0.25) is 9.79 Å². The van der Waals surface area contributed by atoms with Crippen molar-refractivity contribution >= 4 is 23.2 Å². The fraction of sp³-hybridized carbons (Fsp3) is 0.400. The van der Waals surface area contributed by atoms with E-state index in [1.807, 2.05) is 41.1 Å². The summed E-state index contributed by atoms with van der Waals surface area (Å²) in [6.07, 6.45) is 0.949. The molecule has 0 unspecified atom stereocenters. The summed E-state index contributed by atoms with van der Waals surface area (Å²) in [4.78, 5) is 22.2. The predicted octanol–water partition coefficient (Wildman–Crippen LogP) is 2.35. The first-order chi connectivity index (χ1) is 13.1. The number of carbonyl (C=O) groups excluding carboxylic acids is 1. The topological polar surface area (TPSA) is 57.2 Å². The van der Waals surface area contributed by atoms with E-state index in [9.17, 15) is 4.79 Å². The molecule has 7 heteroatoms. The number of carbonyl (C=O) groups is 1. The van der Waals surface area contributed by atoms with E-state index in [1.165, 1.54) is 10.4 Å². The third-order valence-corrected chi connectivity index (χ3v) is 5.73. The number of rotatable bonds is 5. The lowest BCUT2D eigenvalue weighted by atomic mass is 10.1. The summed E-state index contributed by atoms with van der Waals surface area (Å²) < 4.78 is 5.19. The Labute approximate surface area is 164 Å². The van der Waals surface area contributed by atoms with Crippen LogP contribution in [0.3, 0.4) is 0 Å². The lowest BCUT2D eigenvalue weighted by Gasteiger charge is -2.28. The normalized spacial score (nSPS) is 13.9. The minimum atomic E-state index is 0.103. The fourth-order valence-electron chi connectivity index (χ4n) is 3.19. The second kappa shape index (κ2) is 8.90. The van der Waals surface area contributed by atoms with Gasteiger partial charge in [-0.1, -0.05) is 12.1 Å². The zero-order valence-corrected chi connectivity index (χ0v) is 16.9. The van der Waals surface area contributed by atoms with Crippen molar-refractivity contribution in [2.75, 3.05) is 34.3 Å². The first kappa shape index (κ1) is 19.2. The van der Waals surface area contributed by atoms with Gasteiger partial charge in [0, 0.05) is 38.6 Å². The molecule has 0 radical (unpaired) electrons. The first-order valence-corrected chi connectivity index (χ1v) is 9.86. The summed E-state index contributed by atoms with van der Waals surface area (Å²) in [5.41, 5.74) is 2.43. The Morgan fingerprint density at radius 2 is 2.11 bits per heavy atom. The molecule has 0 saturated heterocycles. The quantitative estimate of drug-likeness (QED) is 0.633. The Morgan fingerprint density at radius 3 is 2.81 bits per heavy atom. The van der Waals surface area contributed by atoms with Crippen molar-refractivity contribution in [3.8, 4) is 5.75 Å². The molecule has 0 bridgehead atoms. The average molecular weight is 387 g/mol. The molecule has 1 aromatic carbocycles. The maximum absolute atomic E-state index is 12.6. The molecule has 0 aliphatic carbocycles. The van der Waals surface area contributed by atoms with Crippen LogP contribution in [0.5, 0.6) is 5.75 Å². The lowest BCUT2D eigenvalue weighted by Crippen LogP contribution is -2.46. The number of hydrogen-bond donors (Lipinski definition) is 1. The van der Waals surface area contributed by atoms with Gasteiger partial charge >= 0.3 is 0 Å². The van der Waals surface area contributed by atoms with Crippen molar-refractivity contribution in [2.45, 2.75) is 19.5 Å². The largest absolute Gasteiger partial charge is 0.497 e. The average Bonchev–Trinajstić information content (AvgIpc) is 3.16. The number of methoxy groups -OCH3 is 1. The molecule has 0 atom stereocenters. The van der Waals surface area contributed by atoms with Crippen LogP contribution in [-0.4, -0.2) is 56.0 Å². The van der Waals surface area contributed by atoms with Gasteiger partial charge in [-0.2, -0.15) is 0 Å². The molecule has 0 fully saturated rings. The van der Waals surface area contributed by atoms with Crippen LogP contribution < -0.4 is 10.1 Å². The van der Waals surface area contributed by atoms with Crippen LogP contribution in [0, 0.1) is 0 Å². The maximum Gasteiger partial charge on any atom is 0.242 e. The number of nitrogens with one attached hydrogen (secondary N) is 1. The van der Waals surface area contributed by atoms with Gasteiger partial charge in [0.05, 0.1) is 13.7 Å². The Bertz CT molecular complexity index is 801. The number of benzene rings is 1. The van der Waals surface area contributed by atoms with Crippen molar-refractivity contribution in [1.82, 2.24) is 15.1 Å². The summed E-state index contributed by atoms with van der Waals surface area (Å²) in [5.74, 6) is 1.64. The number of amides is 1. The first-order valence-electron chi connectivity index (χ1n) is 8.98. The highest BCUT2D eigenvalue weighted by Crippen LogP contribution is 2.23. The second-order valence-corrected chi connectivity index (χ2v) is 7.54. The molecule has 1 aliphatic rings. The number of thiophene rings is 1. The highest BCUT2D eigenvalue weighted by molar-refractivity contribution is 7.10. The molecule has 1 aromatic heterocycles. The van der Waals surface area contributed by atoms with E-state index in [0.29, 0.717) is 19.0 Å². The van der Waals surface area contributed by atoms with Crippen molar-refractivity contribution in [1.29, 1.82) is 0 Å². The molecule has 1 aliphatic heterocycles. The van der Waals surface area contributed by atoms with Crippen LogP contribution in [0.1, 0.15) is 16.0 Å². The molecule has 1 amide bonds. The second-order valence-electron chi connectivity index (χ2n) is 6.54. The number of ether oxygens (including phenoxy) is 1. The minimum Gasteiger partial charge on any atom is -0.497 e. The van der Waals surface area contributed by atoms with E-state index < -0.39 is 0 Å². The van der Waals surface area contributed by atoms with Gasteiger partial charge in [-0.15, -0.1) is 11.3 Å². The Kier molecular flexibility index (Phi) is 6.34. The van der Waals surface area contributed by atoms with Crippen LogP contribution in [0.4, 0.5) is 0 Å². The summed E-state index contributed by atoms with van der Waals surface area (Å²) >= 11 is 1.78. The van der Waals surface area contributed by atoms with Gasteiger partial charge in [0.2, 0.25) is 5.91 Å². The number of nitrogens with zero attached hydrogens (tertiary/aromatic N) is 3. The van der Waals surface area contributed by atoms with Gasteiger partial charge in [0.1, 0.15) is 5.75 Å². The van der Waals surface area contributed by atoms with E-state index in [4.69, 9.17) is 4.74 Å². The number of aliphatic imine (C=N–C) groups is 1. The zero-order chi connectivity index (χ0) is 19.2. The minimum absolute atomic E-state index is 0.103. The third-order valence-electron chi connectivity index (χ3n) is 4.71. The molecule has 3 rings (SSSR count). The highest BCUT2D eigenvalue weighted by Gasteiger charge is 2.21. The Balaban J connectivity index is 1.51. The molecular weight excluding hydrogens is 360 g/mol. The zero-order valence-electron chi connectivity index (χ0n) is 16.1. The van der Waals surface area contributed by atoms with Crippen LogP contribution in [0.2, 0.25) is 0 Å². The molecule has 2 aromatic rings. The summed E-state index contributed by atoms with van der Waals surface area (Å²) in [7, 11) is 5.35. The standard InChI is InChI=1S/C20H26N4O2S/c1-21-20(23(2)13-15-4-6-17(26-3)7-5-15)22-12-19(25)24-10-8-18-16(14-24)9-11-27-18/h4-7,9,11H,8,10,12-14H2,1-3H3,(H,21,22). The van der Waals surface area contributed by atoms with Gasteiger partial charge < -0.3 is 19.9 Å². The van der Waals surface area contributed by atoms with Crippen LogP contribution in [0.25, 0.3) is 0 Å². The molecule has 6 nitrogen and oxygen atoms in total. The SMILES string of the molecule is CN=C(NCC(=O)N1CCc2sccc2C1)N(C)Cc1ccc(OC)cc1. The fourth-order valence-corrected chi connectivity index (χ4v) is 4.08. The Hall–Kier alpha value is -2.54. The van der Waals surface area contributed by atoms with Crippen molar-refractivity contribution in [3.05, 3.63) is 51.7 Å². The van der Waals surface area contributed by atoms with Gasteiger partial charge in [0.15, 0.2) is 5.96 Å². The molecule has 0 saturated carbocycles. The van der Waals surface area contributed by atoms with Crippen LogP contribution in [0.15, 0.2) is 40.7 Å². The highest BCUT2D eigenvalue weighted by atomic mass is 32.1. The molecular formula is C20H26N4O2S. The molecule has 27 heavy (non-hydrogen) atoms. The summed E-state index contributed by atoms with van der Waals surface area (Å²) in [6.45, 7) is 2.44. The van der Waals surface area contributed by atoms with E-state index in [2.05, 4.69) is 21.8 Å². The van der Waals surface area contributed by atoms with Gasteiger partial charge in [0.25, 0.3) is 0 Å². The third kappa shape index (κ3) is 4.80. The number of fused-ring (bicyclic) bond motifs is 1. The molecule has 144 valence electrons. The van der Waals surface area contributed by atoms with E-state index in [1.54, 1.807) is 25.5 Å². The van der Waals surface area contributed by atoms with Crippen molar-refractivity contribution in [3.63, 3.8) is 0 Å². The maximum atomic E-state index is 12.6.